The molecule has 0 atom stereocenters. The van der Waals surface area contributed by atoms with Crippen molar-refractivity contribution in [3.05, 3.63) is 0 Å². The second-order valence-electron chi connectivity index (χ2n) is 5.30. The highest BCUT2D eigenvalue weighted by Gasteiger charge is 2.52. The van der Waals surface area contributed by atoms with Crippen molar-refractivity contribution in [3.63, 3.8) is 0 Å². The molecular formula is C12H23NO. The first-order valence-electron chi connectivity index (χ1n) is 6.06. The van der Waals surface area contributed by atoms with Crippen LogP contribution in [0.25, 0.3) is 0 Å². The number of aliphatic hydroxyl groups excluding tert-OH is 1. The number of nitrogens with zero attached hydrogens (tertiary/aromatic N) is 1. The second-order valence-corrected chi connectivity index (χ2v) is 5.30. The Balaban J connectivity index is 1.94. The van der Waals surface area contributed by atoms with Crippen LogP contribution in [-0.2, 0) is 0 Å². The van der Waals surface area contributed by atoms with Gasteiger partial charge in [-0.05, 0) is 31.1 Å². The number of likely N-dealkylation sites (tertiary alicyclic amines) is 1. The zero-order chi connectivity index (χ0) is 10.2. The summed E-state index contributed by atoms with van der Waals surface area (Å²) in [5.74, 6) is 0. The van der Waals surface area contributed by atoms with Crippen molar-refractivity contribution < 1.29 is 5.11 Å². The molecule has 1 spiro atoms. The molecule has 2 fully saturated rings. The SMILES string of the molecule is CCC(CC)(CO)N1CC2(CCC2)C1. The molecule has 0 aromatic carbocycles. The molecule has 2 heteroatoms. The van der Waals surface area contributed by atoms with Crippen molar-refractivity contribution >= 4 is 0 Å². The lowest BCUT2D eigenvalue weighted by molar-refractivity contribution is -0.135. The van der Waals surface area contributed by atoms with Crippen LogP contribution in [0.3, 0.4) is 0 Å². The Morgan fingerprint density at radius 2 is 1.79 bits per heavy atom. The summed E-state index contributed by atoms with van der Waals surface area (Å²) >= 11 is 0. The summed E-state index contributed by atoms with van der Waals surface area (Å²) in [6.07, 6.45) is 6.45. The Morgan fingerprint density at radius 3 is 2.07 bits per heavy atom. The molecule has 2 nitrogen and oxygen atoms in total. The van der Waals surface area contributed by atoms with Crippen molar-refractivity contribution in [2.45, 2.75) is 51.5 Å². The normalized spacial score (nSPS) is 25.9. The van der Waals surface area contributed by atoms with Crippen LogP contribution in [0.5, 0.6) is 0 Å². The van der Waals surface area contributed by atoms with Crippen molar-refractivity contribution in [3.8, 4) is 0 Å². The van der Waals surface area contributed by atoms with Crippen molar-refractivity contribution in [1.82, 2.24) is 4.90 Å². The monoisotopic (exact) mass is 197 g/mol. The van der Waals surface area contributed by atoms with Gasteiger partial charge < -0.3 is 5.11 Å². The summed E-state index contributed by atoms with van der Waals surface area (Å²) in [7, 11) is 0. The van der Waals surface area contributed by atoms with E-state index < -0.39 is 0 Å². The lowest BCUT2D eigenvalue weighted by atomic mass is 9.62. The molecular weight excluding hydrogens is 174 g/mol. The standard InChI is InChI=1S/C12H23NO/c1-3-12(4-2,10-14)13-8-11(9-13)6-5-7-11/h14H,3-10H2,1-2H3. The van der Waals surface area contributed by atoms with E-state index in [1.807, 2.05) is 0 Å². The molecule has 0 amide bonds. The molecule has 0 radical (unpaired) electrons. The average Bonchev–Trinajstić information content (AvgIpc) is 2.08. The smallest absolute Gasteiger partial charge is 0.0615 e. The maximum Gasteiger partial charge on any atom is 0.0615 e. The van der Waals surface area contributed by atoms with E-state index in [4.69, 9.17) is 0 Å². The molecule has 2 rings (SSSR count). The summed E-state index contributed by atoms with van der Waals surface area (Å²) in [6, 6.07) is 0. The molecule has 1 aliphatic carbocycles. The molecule has 1 N–H and O–H groups in total. The van der Waals surface area contributed by atoms with Gasteiger partial charge in [0.15, 0.2) is 0 Å². The molecule has 1 heterocycles. The van der Waals surface area contributed by atoms with Gasteiger partial charge in [-0.15, -0.1) is 0 Å². The predicted molar refractivity (Wildman–Crippen MR) is 58.3 cm³/mol. The van der Waals surface area contributed by atoms with Crippen LogP contribution in [0.1, 0.15) is 46.0 Å². The maximum atomic E-state index is 9.53. The van der Waals surface area contributed by atoms with E-state index in [0.717, 1.165) is 12.8 Å². The molecule has 1 saturated carbocycles. The van der Waals surface area contributed by atoms with Gasteiger partial charge in [0.1, 0.15) is 0 Å². The van der Waals surface area contributed by atoms with Crippen LogP contribution in [0.2, 0.25) is 0 Å². The molecule has 0 unspecified atom stereocenters. The number of aliphatic hydroxyl groups is 1. The molecule has 14 heavy (non-hydrogen) atoms. The fourth-order valence-electron chi connectivity index (χ4n) is 3.11. The van der Waals surface area contributed by atoms with Gasteiger partial charge in [-0.3, -0.25) is 4.90 Å². The molecule has 0 aromatic heterocycles. The fourth-order valence-corrected chi connectivity index (χ4v) is 3.11. The number of hydrogen-bond acceptors (Lipinski definition) is 2. The van der Waals surface area contributed by atoms with Crippen LogP contribution in [-0.4, -0.2) is 35.2 Å². The Kier molecular flexibility index (Phi) is 2.61. The van der Waals surface area contributed by atoms with Crippen molar-refractivity contribution in [2.75, 3.05) is 19.7 Å². The van der Waals surface area contributed by atoms with Crippen LogP contribution in [0, 0.1) is 5.41 Å². The third-order valence-electron chi connectivity index (χ3n) is 4.75. The Bertz CT molecular complexity index is 190. The first-order chi connectivity index (χ1) is 6.70. The van der Waals surface area contributed by atoms with Gasteiger partial charge in [0.2, 0.25) is 0 Å². The van der Waals surface area contributed by atoms with Crippen LogP contribution in [0.15, 0.2) is 0 Å². The Labute approximate surface area is 87.3 Å². The summed E-state index contributed by atoms with van der Waals surface area (Å²) < 4.78 is 0. The number of rotatable bonds is 4. The molecule has 1 aliphatic heterocycles. The molecule has 0 aromatic rings. The molecule has 1 saturated heterocycles. The van der Waals surface area contributed by atoms with E-state index in [9.17, 15) is 5.11 Å². The summed E-state index contributed by atoms with van der Waals surface area (Å²) in [5.41, 5.74) is 0.783. The predicted octanol–water partition coefficient (Wildman–Crippen LogP) is 2.02. The van der Waals surface area contributed by atoms with Gasteiger partial charge in [0.05, 0.1) is 6.61 Å². The van der Waals surface area contributed by atoms with Crippen LogP contribution >= 0.6 is 0 Å². The Morgan fingerprint density at radius 1 is 1.21 bits per heavy atom. The third kappa shape index (κ3) is 1.31. The molecule has 82 valence electrons. The largest absolute Gasteiger partial charge is 0.394 e. The van der Waals surface area contributed by atoms with Crippen molar-refractivity contribution in [2.24, 2.45) is 5.41 Å². The summed E-state index contributed by atoms with van der Waals surface area (Å²) in [6.45, 7) is 7.22. The topological polar surface area (TPSA) is 23.5 Å². The fraction of sp³-hybridized carbons (Fsp3) is 1.00. The molecule has 2 aliphatic rings. The zero-order valence-corrected chi connectivity index (χ0v) is 9.55. The van der Waals surface area contributed by atoms with Crippen molar-refractivity contribution in [1.29, 1.82) is 0 Å². The lowest BCUT2D eigenvalue weighted by Crippen LogP contribution is -2.68. The van der Waals surface area contributed by atoms with Gasteiger partial charge in [-0.1, -0.05) is 20.3 Å². The quantitative estimate of drug-likeness (QED) is 0.745. The van der Waals surface area contributed by atoms with Gasteiger partial charge in [0.25, 0.3) is 0 Å². The van der Waals surface area contributed by atoms with E-state index in [1.54, 1.807) is 0 Å². The summed E-state index contributed by atoms with van der Waals surface area (Å²) in [4.78, 5) is 2.52. The third-order valence-corrected chi connectivity index (χ3v) is 4.75. The minimum atomic E-state index is 0.0981. The highest BCUT2D eigenvalue weighted by molar-refractivity contribution is 5.06. The minimum absolute atomic E-state index is 0.0981. The molecule has 0 bridgehead atoms. The average molecular weight is 197 g/mol. The lowest BCUT2D eigenvalue weighted by Gasteiger charge is -2.62. The van der Waals surface area contributed by atoms with Gasteiger partial charge in [-0.25, -0.2) is 0 Å². The van der Waals surface area contributed by atoms with Gasteiger partial charge >= 0.3 is 0 Å². The maximum absolute atomic E-state index is 9.53. The van der Waals surface area contributed by atoms with E-state index in [2.05, 4.69) is 18.7 Å². The van der Waals surface area contributed by atoms with E-state index >= 15 is 0 Å². The minimum Gasteiger partial charge on any atom is -0.394 e. The zero-order valence-electron chi connectivity index (χ0n) is 9.55. The van der Waals surface area contributed by atoms with Crippen LogP contribution < -0.4 is 0 Å². The van der Waals surface area contributed by atoms with Gasteiger partial charge in [0, 0.05) is 18.6 Å². The van der Waals surface area contributed by atoms with E-state index in [-0.39, 0.29) is 5.54 Å². The van der Waals surface area contributed by atoms with Crippen LogP contribution in [0.4, 0.5) is 0 Å². The first-order valence-corrected chi connectivity index (χ1v) is 6.06. The highest BCUT2D eigenvalue weighted by atomic mass is 16.3. The second kappa shape index (κ2) is 3.49. The first kappa shape index (κ1) is 10.4. The highest BCUT2D eigenvalue weighted by Crippen LogP contribution is 2.51. The summed E-state index contributed by atoms with van der Waals surface area (Å²) in [5, 5.41) is 9.53. The Hall–Kier alpha value is -0.0800. The van der Waals surface area contributed by atoms with Gasteiger partial charge in [-0.2, -0.15) is 0 Å². The van der Waals surface area contributed by atoms with E-state index in [1.165, 1.54) is 32.4 Å². The number of hydrogen-bond donors (Lipinski definition) is 1. The van der Waals surface area contributed by atoms with E-state index in [0.29, 0.717) is 12.0 Å².